The highest BCUT2D eigenvalue weighted by atomic mass is 16.1. The Bertz CT molecular complexity index is 909. The summed E-state index contributed by atoms with van der Waals surface area (Å²) in [6, 6.07) is 16.7. The van der Waals surface area contributed by atoms with Crippen LogP contribution in [0.15, 0.2) is 67.0 Å². The van der Waals surface area contributed by atoms with Crippen LogP contribution >= 0.6 is 0 Å². The highest BCUT2D eigenvalue weighted by Crippen LogP contribution is 2.15. The van der Waals surface area contributed by atoms with Gasteiger partial charge in [0.25, 0.3) is 5.91 Å². The number of carbonyl (C=O) groups is 2. The van der Waals surface area contributed by atoms with Gasteiger partial charge < -0.3 is 10.6 Å². The number of benzene rings is 2. The second kappa shape index (κ2) is 8.02. The highest BCUT2D eigenvalue weighted by molar-refractivity contribution is 5.95. The van der Waals surface area contributed by atoms with E-state index in [0.717, 1.165) is 5.56 Å². The zero-order valence-electron chi connectivity index (χ0n) is 14.3. The molecule has 0 radical (unpaired) electrons. The van der Waals surface area contributed by atoms with Gasteiger partial charge in [0.1, 0.15) is 0 Å². The van der Waals surface area contributed by atoms with Gasteiger partial charge in [-0.1, -0.05) is 42.5 Å². The van der Waals surface area contributed by atoms with E-state index in [1.165, 1.54) is 19.3 Å². The summed E-state index contributed by atoms with van der Waals surface area (Å²) in [5.74, 6) is 0.101. The number of anilines is 2. The lowest BCUT2D eigenvalue weighted by molar-refractivity contribution is 0.0949. The molecule has 1 heterocycles. The molecule has 3 rings (SSSR count). The first-order valence-electron chi connectivity index (χ1n) is 8.14. The van der Waals surface area contributed by atoms with Gasteiger partial charge in [-0.15, -0.1) is 0 Å². The molecular formula is C20H18N4O2. The highest BCUT2D eigenvalue weighted by Gasteiger charge is 2.08. The molecule has 1 aromatic heterocycles. The Morgan fingerprint density at radius 2 is 1.65 bits per heavy atom. The Hall–Kier alpha value is -3.54. The Labute approximate surface area is 151 Å². The molecule has 6 heteroatoms. The van der Waals surface area contributed by atoms with Crippen molar-refractivity contribution >= 4 is 23.3 Å². The van der Waals surface area contributed by atoms with Gasteiger partial charge in [-0.2, -0.15) is 0 Å². The van der Waals surface area contributed by atoms with Gasteiger partial charge in [-0.05, 0) is 24.6 Å². The van der Waals surface area contributed by atoms with E-state index in [1.807, 2.05) is 36.4 Å². The minimum Gasteiger partial charge on any atom is -0.348 e. The molecule has 3 aromatic rings. The third kappa shape index (κ3) is 4.51. The van der Waals surface area contributed by atoms with Crippen LogP contribution in [0.25, 0.3) is 0 Å². The van der Waals surface area contributed by atoms with Crippen molar-refractivity contribution in [2.24, 2.45) is 0 Å². The minimum atomic E-state index is -0.237. The fourth-order valence-corrected chi connectivity index (χ4v) is 2.34. The first-order valence-corrected chi connectivity index (χ1v) is 8.14. The maximum Gasteiger partial charge on any atom is 0.254 e. The molecule has 0 aliphatic heterocycles. The maximum absolute atomic E-state index is 12.2. The van der Waals surface area contributed by atoms with Crippen molar-refractivity contribution < 1.29 is 9.59 Å². The van der Waals surface area contributed by atoms with Crippen molar-refractivity contribution in [1.29, 1.82) is 0 Å². The fourth-order valence-electron chi connectivity index (χ4n) is 2.34. The number of aromatic nitrogens is 2. The summed E-state index contributed by atoms with van der Waals surface area (Å²) in [6.45, 7) is 1.95. The molecule has 0 saturated heterocycles. The minimum absolute atomic E-state index is 0.0139. The standard InChI is InChI=1S/C20H18N4O2/c1-14(25)16-8-5-9-18(10-16)24-20-22-12-17(13-23-20)19(26)21-11-15-6-3-2-4-7-15/h2-10,12-13H,11H2,1H3,(H,21,26)(H,22,23,24). The third-order valence-corrected chi connectivity index (χ3v) is 3.74. The molecule has 0 atom stereocenters. The van der Waals surface area contributed by atoms with Crippen molar-refractivity contribution in [3.05, 3.63) is 83.7 Å². The van der Waals surface area contributed by atoms with E-state index in [4.69, 9.17) is 0 Å². The first-order chi connectivity index (χ1) is 12.6. The summed E-state index contributed by atoms with van der Waals surface area (Å²) in [5.41, 5.74) is 2.71. The van der Waals surface area contributed by atoms with Gasteiger partial charge in [-0.25, -0.2) is 9.97 Å². The Morgan fingerprint density at radius 1 is 0.923 bits per heavy atom. The number of hydrogen-bond acceptors (Lipinski definition) is 5. The number of ketones is 1. The predicted octanol–water partition coefficient (Wildman–Crippen LogP) is 3.35. The molecule has 0 aliphatic carbocycles. The number of Topliss-reactive ketones (excluding diaryl/α,β-unsaturated/α-hetero) is 1. The lowest BCUT2D eigenvalue weighted by Gasteiger charge is -2.07. The van der Waals surface area contributed by atoms with Crippen molar-refractivity contribution in [1.82, 2.24) is 15.3 Å². The van der Waals surface area contributed by atoms with Crippen LogP contribution in [0.4, 0.5) is 11.6 Å². The summed E-state index contributed by atoms with van der Waals surface area (Å²) in [4.78, 5) is 31.9. The Morgan fingerprint density at radius 3 is 2.35 bits per heavy atom. The van der Waals surface area contributed by atoms with E-state index in [0.29, 0.717) is 29.3 Å². The largest absolute Gasteiger partial charge is 0.348 e. The summed E-state index contributed by atoms with van der Waals surface area (Å²) >= 11 is 0. The van der Waals surface area contributed by atoms with Crippen LogP contribution in [0.5, 0.6) is 0 Å². The molecule has 0 saturated carbocycles. The molecule has 0 fully saturated rings. The van der Waals surface area contributed by atoms with Crippen molar-refractivity contribution in [2.45, 2.75) is 13.5 Å². The summed E-state index contributed by atoms with van der Waals surface area (Å²) in [6.07, 6.45) is 2.93. The molecule has 6 nitrogen and oxygen atoms in total. The molecule has 130 valence electrons. The zero-order chi connectivity index (χ0) is 18.4. The quantitative estimate of drug-likeness (QED) is 0.669. The van der Waals surface area contributed by atoms with Crippen LogP contribution < -0.4 is 10.6 Å². The third-order valence-electron chi connectivity index (χ3n) is 3.74. The van der Waals surface area contributed by atoms with E-state index in [-0.39, 0.29) is 11.7 Å². The molecule has 0 bridgehead atoms. The second-order valence-corrected chi connectivity index (χ2v) is 5.73. The SMILES string of the molecule is CC(=O)c1cccc(Nc2ncc(C(=O)NCc3ccccc3)cn2)c1. The van der Waals surface area contributed by atoms with Crippen LogP contribution in [0.2, 0.25) is 0 Å². The molecular weight excluding hydrogens is 328 g/mol. The van der Waals surface area contributed by atoms with Crippen LogP contribution in [0, 0.1) is 0 Å². The van der Waals surface area contributed by atoms with Crippen LogP contribution in [0.1, 0.15) is 33.2 Å². The number of nitrogens with zero attached hydrogens (tertiary/aromatic N) is 2. The molecule has 26 heavy (non-hydrogen) atoms. The average molecular weight is 346 g/mol. The van der Waals surface area contributed by atoms with Crippen LogP contribution in [-0.2, 0) is 6.54 Å². The smallest absolute Gasteiger partial charge is 0.254 e. The molecule has 2 aromatic carbocycles. The van der Waals surface area contributed by atoms with E-state index in [2.05, 4.69) is 20.6 Å². The first kappa shape index (κ1) is 17.3. The second-order valence-electron chi connectivity index (χ2n) is 5.73. The molecule has 0 unspecified atom stereocenters. The molecule has 1 amide bonds. The van der Waals surface area contributed by atoms with E-state index in [1.54, 1.807) is 18.2 Å². The van der Waals surface area contributed by atoms with E-state index >= 15 is 0 Å². The van der Waals surface area contributed by atoms with E-state index < -0.39 is 0 Å². The van der Waals surface area contributed by atoms with Crippen molar-refractivity contribution in [3.8, 4) is 0 Å². The average Bonchev–Trinajstić information content (AvgIpc) is 2.68. The number of hydrogen-bond donors (Lipinski definition) is 2. The van der Waals surface area contributed by atoms with Crippen LogP contribution in [-0.4, -0.2) is 21.7 Å². The van der Waals surface area contributed by atoms with Gasteiger partial charge in [-0.3, -0.25) is 9.59 Å². The Balaban J connectivity index is 1.62. The lowest BCUT2D eigenvalue weighted by atomic mass is 10.1. The van der Waals surface area contributed by atoms with Crippen molar-refractivity contribution in [2.75, 3.05) is 5.32 Å². The summed E-state index contributed by atoms with van der Waals surface area (Å²) < 4.78 is 0. The molecule has 0 spiro atoms. The monoisotopic (exact) mass is 346 g/mol. The van der Waals surface area contributed by atoms with Gasteiger partial charge in [0, 0.05) is 30.2 Å². The molecule has 2 N–H and O–H groups in total. The van der Waals surface area contributed by atoms with Gasteiger partial charge in [0.05, 0.1) is 5.56 Å². The Kier molecular flexibility index (Phi) is 5.34. The number of carbonyl (C=O) groups excluding carboxylic acids is 2. The topological polar surface area (TPSA) is 84.0 Å². The zero-order valence-corrected chi connectivity index (χ0v) is 14.3. The maximum atomic E-state index is 12.2. The number of amides is 1. The van der Waals surface area contributed by atoms with E-state index in [9.17, 15) is 9.59 Å². The van der Waals surface area contributed by atoms with Gasteiger partial charge >= 0.3 is 0 Å². The van der Waals surface area contributed by atoms with Crippen LogP contribution in [0.3, 0.4) is 0 Å². The lowest BCUT2D eigenvalue weighted by Crippen LogP contribution is -2.23. The molecule has 0 aliphatic rings. The normalized spacial score (nSPS) is 10.2. The predicted molar refractivity (Wildman–Crippen MR) is 99.4 cm³/mol. The van der Waals surface area contributed by atoms with Gasteiger partial charge in [0.2, 0.25) is 5.95 Å². The fraction of sp³-hybridized carbons (Fsp3) is 0.100. The van der Waals surface area contributed by atoms with Gasteiger partial charge in [0.15, 0.2) is 5.78 Å². The summed E-state index contributed by atoms with van der Waals surface area (Å²) in [5, 5.41) is 5.84. The van der Waals surface area contributed by atoms with Crippen molar-refractivity contribution in [3.63, 3.8) is 0 Å². The number of nitrogens with one attached hydrogen (secondary N) is 2. The summed E-state index contributed by atoms with van der Waals surface area (Å²) in [7, 11) is 0. The number of rotatable bonds is 6.